The Morgan fingerprint density at radius 2 is 1.78 bits per heavy atom. The van der Waals surface area contributed by atoms with Crippen LogP contribution < -0.4 is 11.1 Å². The van der Waals surface area contributed by atoms with E-state index >= 15 is 0 Å². The van der Waals surface area contributed by atoms with Crippen LogP contribution in [-0.4, -0.2) is 40.8 Å². The van der Waals surface area contributed by atoms with Gasteiger partial charge in [-0.15, -0.1) is 0 Å². The van der Waals surface area contributed by atoms with Gasteiger partial charge in [-0.05, 0) is 36.6 Å². The highest BCUT2D eigenvalue weighted by molar-refractivity contribution is 5.90. The topological polar surface area (TPSA) is 122 Å². The second-order valence-electron chi connectivity index (χ2n) is 6.66. The smallest absolute Gasteiger partial charge is 0.328 e. The Morgan fingerprint density at radius 1 is 1.11 bits per heavy atom. The van der Waals surface area contributed by atoms with E-state index in [-0.39, 0.29) is 17.9 Å². The minimum absolute atomic E-state index is 0.0771. The molecule has 0 bridgehead atoms. The molecule has 0 aliphatic heterocycles. The first-order valence-electron chi connectivity index (χ1n) is 8.45. The third-order valence-corrected chi connectivity index (χ3v) is 4.20. The van der Waals surface area contributed by atoms with Crippen molar-refractivity contribution in [3.8, 4) is 11.5 Å². The third-order valence-electron chi connectivity index (χ3n) is 4.20. The number of rotatable bonds is 7. The predicted octanol–water partition coefficient (Wildman–Crippen LogP) is 1.26. The largest absolute Gasteiger partial charge is 0.504 e. The number of methoxy groups -OCH3 is 1. The number of carbonyl (C=O) groups is 2. The molecule has 0 radical (unpaired) electrons. The van der Waals surface area contributed by atoms with Gasteiger partial charge in [-0.3, -0.25) is 4.79 Å². The molecule has 5 N–H and O–H groups in total. The molecule has 0 spiro atoms. The molecule has 2 atom stereocenters. The Morgan fingerprint density at radius 3 is 2.37 bits per heavy atom. The summed E-state index contributed by atoms with van der Waals surface area (Å²) in [6.45, 7) is 1.59. The summed E-state index contributed by atoms with van der Waals surface area (Å²) in [5.41, 5.74) is 6.39. The normalized spacial score (nSPS) is 14.0. The number of phenolic OH excluding ortho intramolecular Hbond substituents is 2. The lowest BCUT2D eigenvalue weighted by Crippen LogP contribution is -2.57. The van der Waals surface area contributed by atoms with Crippen LogP contribution in [0.25, 0.3) is 0 Å². The first-order chi connectivity index (χ1) is 12.7. The maximum absolute atomic E-state index is 12.7. The molecule has 27 heavy (non-hydrogen) atoms. The Balaban J connectivity index is 2.13. The van der Waals surface area contributed by atoms with Gasteiger partial charge in [0.2, 0.25) is 5.91 Å². The average molecular weight is 372 g/mol. The zero-order chi connectivity index (χ0) is 20.0. The first-order valence-corrected chi connectivity index (χ1v) is 8.45. The van der Waals surface area contributed by atoms with Crippen LogP contribution in [-0.2, 0) is 27.2 Å². The molecule has 144 valence electrons. The van der Waals surface area contributed by atoms with Crippen LogP contribution in [0.3, 0.4) is 0 Å². The number of amides is 1. The van der Waals surface area contributed by atoms with Crippen LogP contribution in [0, 0.1) is 0 Å². The molecular formula is C20H24N2O5. The number of ether oxygens (including phenoxy) is 1. The van der Waals surface area contributed by atoms with Crippen LogP contribution in [0.1, 0.15) is 18.1 Å². The molecule has 0 aliphatic carbocycles. The quantitative estimate of drug-likeness (QED) is 0.429. The number of benzene rings is 2. The molecule has 2 rings (SSSR count). The molecule has 0 saturated carbocycles. The van der Waals surface area contributed by atoms with Crippen molar-refractivity contribution < 1.29 is 24.5 Å². The van der Waals surface area contributed by atoms with Gasteiger partial charge in [-0.25, -0.2) is 4.79 Å². The van der Waals surface area contributed by atoms with Crippen molar-refractivity contribution in [2.24, 2.45) is 5.73 Å². The van der Waals surface area contributed by atoms with Gasteiger partial charge in [0.05, 0.1) is 12.6 Å². The van der Waals surface area contributed by atoms with Gasteiger partial charge in [0.15, 0.2) is 11.5 Å². The van der Waals surface area contributed by atoms with E-state index in [4.69, 9.17) is 10.5 Å². The molecule has 0 heterocycles. The minimum Gasteiger partial charge on any atom is -0.504 e. The van der Waals surface area contributed by atoms with Crippen LogP contribution in [0.15, 0.2) is 48.5 Å². The summed E-state index contributed by atoms with van der Waals surface area (Å²) in [5, 5.41) is 21.6. The number of esters is 1. The molecule has 2 aromatic rings. The standard InChI is InChI=1S/C20H24N2O5/c1-20(21,12-13-6-4-3-5-7-13)19(26)22-15(18(25)27-2)10-14-8-9-16(23)17(24)11-14/h3-9,11,15,23-24H,10,12,21H2,1-2H3,(H,22,26)/t15?,20-/m0/s1. The molecule has 2 aromatic carbocycles. The third kappa shape index (κ3) is 5.46. The van der Waals surface area contributed by atoms with E-state index in [2.05, 4.69) is 5.32 Å². The number of hydrogen-bond donors (Lipinski definition) is 4. The van der Waals surface area contributed by atoms with Gasteiger partial charge < -0.3 is 26.0 Å². The maximum atomic E-state index is 12.7. The van der Waals surface area contributed by atoms with E-state index in [1.54, 1.807) is 13.0 Å². The van der Waals surface area contributed by atoms with E-state index in [9.17, 15) is 19.8 Å². The number of nitrogens with two attached hydrogens (primary N) is 1. The number of aromatic hydroxyl groups is 2. The lowest BCUT2D eigenvalue weighted by molar-refractivity contribution is -0.145. The Kier molecular flexibility index (Phi) is 6.41. The average Bonchev–Trinajstić information content (AvgIpc) is 2.63. The summed E-state index contributed by atoms with van der Waals surface area (Å²) in [7, 11) is 1.22. The second kappa shape index (κ2) is 8.55. The van der Waals surface area contributed by atoms with E-state index in [1.165, 1.54) is 19.2 Å². The summed E-state index contributed by atoms with van der Waals surface area (Å²) in [5.74, 6) is -1.71. The molecule has 0 fully saturated rings. The maximum Gasteiger partial charge on any atom is 0.328 e. The second-order valence-corrected chi connectivity index (χ2v) is 6.66. The van der Waals surface area contributed by atoms with Crippen molar-refractivity contribution in [3.63, 3.8) is 0 Å². The molecular weight excluding hydrogens is 348 g/mol. The Labute approximate surface area is 157 Å². The highest BCUT2D eigenvalue weighted by atomic mass is 16.5. The number of nitrogens with one attached hydrogen (secondary N) is 1. The molecule has 7 heteroatoms. The van der Waals surface area contributed by atoms with Crippen LogP contribution in [0.4, 0.5) is 0 Å². The zero-order valence-corrected chi connectivity index (χ0v) is 15.3. The minimum atomic E-state index is -1.23. The van der Waals surface area contributed by atoms with Crippen molar-refractivity contribution in [2.45, 2.75) is 31.3 Å². The van der Waals surface area contributed by atoms with E-state index < -0.39 is 23.5 Å². The highest BCUT2D eigenvalue weighted by Gasteiger charge is 2.32. The van der Waals surface area contributed by atoms with Crippen LogP contribution in [0.2, 0.25) is 0 Å². The zero-order valence-electron chi connectivity index (χ0n) is 15.3. The Bertz CT molecular complexity index is 805. The Hall–Kier alpha value is -3.06. The molecule has 1 amide bonds. The van der Waals surface area contributed by atoms with Crippen molar-refractivity contribution in [1.82, 2.24) is 5.32 Å². The number of carbonyl (C=O) groups excluding carboxylic acids is 2. The molecule has 0 saturated heterocycles. The lowest BCUT2D eigenvalue weighted by atomic mass is 9.92. The van der Waals surface area contributed by atoms with Gasteiger partial charge in [0.25, 0.3) is 0 Å². The summed E-state index contributed by atoms with van der Waals surface area (Å²) >= 11 is 0. The SMILES string of the molecule is COC(=O)C(Cc1ccc(O)c(O)c1)NC(=O)[C@@](C)(N)Cc1ccccc1. The summed E-state index contributed by atoms with van der Waals surface area (Å²) < 4.78 is 4.76. The fourth-order valence-corrected chi connectivity index (χ4v) is 2.69. The fourth-order valence-electron chi connectivity index (χ4n) is 2.69. The molecule has 0 aromatic heterocycles. The lowest BCUT2D eigenvalue weighted by Gasteiger charge is -2.26. The van der Waals surface area contributed by atoms with E-state index in [0.29, 0.717) is 12.0 Å². The first kappa shape index (κ1) is 20.3. The van der Waals surface area contributed by atoms with Gasteiger partial charge in [-0.1, -0.05) is 36.4 Å². The van der Waals surface area contributed by atoms with Crippen molar-refractivity contribution >= 4 is 11.9 Å². The molecule has 0 aliphatic rings. The van der Waals surface area contributed by atoms with E-state index in [0.717, 1.165) is 5.56 Å². The van der Waals surface area contributed by atoms with Gasteiger partial charge in [-0.2, -0.15) is 0 Å². The number of hydrogen-bond acceptors (Lipinski definition) is 6. The van der Waals surface area contributed by atoms with Crippen LogP contribution >= 0.6 is 0 Å². The van der Waals surface area contributed by atoms with Gasteiger partial charge in [0.1, 0.15) is 6.04 Å². The summed E-state index contributed by atoms with van der Waals surface area (Å²) in [6, 6.07) is 12.5. The number of phenols is 2. The van der Waals surface area contributed by atoms with Crippen molar-refractivity contribution in [2.75, 3.05) is 7.11 Å². The van der Waals surface area contributed by atoms with Gasteiger partial charge >= 0.3 is 5.97 Å². The van der Waals surface area contributed by atoms with Crippen LogP contribution in [0.5, 0.6) is 11.5 Å². The molecule has 7 nitrogen and oxygen atoms in total. The van der Waals surface area contributed by atoms with Crippen molar-refractivity contribution in [1.29, 1.82) is 0 Å². The van der Waals surface area contributed by atoms with Gasteiger partial charge in [0, 0.05) is 6.42 Å². The molecule has 1 unspecified atom stereocenters. The monoisotopic (exact) mass is 372 g/mol. The summed E-state index contributed by atoms with van der Waals surface area (Å²) in [4.78, 5) is 24.8. The van der Waals surface area contributed by atoms with Crippen molar-refractivity contribution in [3.05, 3.63) is 59.7 Å². The van der Waals surface area contributed by atoms with E-state index in [1.807, 2.05) is 30.3 Å². The highest BCUT2D eigenvalue weighted by Crippen LogP contribution is 2.25. The predicted molar refractivity (Wildman–Crippen MR) is 100 cm³/mol. The fraction of sp³-hybridized carbons (Fsp3) is 0.300. The summed E-state index contributed by atoms with van der Waals surface area (Å²) in [6.07, 6.45) is 0.376.